The average Bonchev–Trinajstić information content (AvgIpc) is 3.08. The standard InChI is InChI=1S/C40H46N2O2/c43-40(22-21-33-14-11-25-42(30-33)29-32-12-4-1-5-13-32)36-19-10-20-38(28-36)44-37-23-26-41(27-24-37)31-39(34-15-6-2-7-16-34)35-17-8-3-9-18-35/h1-10,12-13,15-20,28,33,37,39H,11,14,21-27,29-31H2. The number of benzene rings is 4. The van der Waals surface area contributed by atoms with Crippen molar-refractivity contribution < 1.29 is 9.53 Å². The number of hydrogen-bond donors (Lipinski definition) is 0. The van der Waals surface area contributed by atoms with Crippen LogP contribution in [0.1, 0.15) is 71.5 Å². The molecule has 2 aliphatic heterocycles. The zero-order chi connectivity index (χ0) is 30.0. The molecule has 0 radical (unpaired) electrons. The van der Waals surface area contributed by atoms with Gasteiger partial charge < -0.3 is 9.64 Å². The Morgan fingerprint density at radius 2 is 1.39 bits per heavy atom. The van der Waals surface area contributed by atoms with E-state index in [1.54, 1.807) is 0 Å². The van der Waals surface area contributed by atoms with Crippen LogP contribution in [-0.2, 0) is 6.54 Å². The van der Waals surface area contributed by atoms with Crippen molar-refractivity contribution in [2.45, 2.75) is 57.1 Å². The SMILES string of the molecule is O=C(CCC1CCCN(Cc2ccccc2)C1)c1cccc(OC2CCN(CC(c3ccccc3)c3ccccc3)CC2)c1. The summed E-state index contributed by atoms with van der Waals surface area (Å²) in [4.78, 5) is 18.3. The smallest absolute Gasteiger partial charge is 0.163 e. The molecule has 44 heavy (non-hydrogen) atoms. The number of ether oxygens (including phenoxy) is 1. The number of ketones is 1. The van der Waals surface area contributed by atoms with Crippen LogP contribution in [0, 0.1) is 5.92 Å². The van der Waals surface area contributed by atoms with Crippen LogP contribution in [0.15, 0.2) is 115 Å². The lowest BCUT2D eigenvalue weighted by molar-refractivity contribution is 0.0944. The molecule has 0 aliphatic carbocycles. The maximum absolute atomic E-state index is 13.2. The van der Waals surface area contributed by atoms with Gasteiger partial charge in [0.15, 0.2) is 5.78 Å². The minimum atomic E-state index is 0.182. The second-order valence-corrected chi connectivity index (χ2v) is 12.7. The summed E-state index contributed by atoms with van der Waals surface area (Å²) >= 11 is 0. The second-order valence-electron chi connectivity index (χ2n) is 12.7. The Morgan fingerprint density at radius 3 is 2.07 bits per heavy atom. The van der Waals surface area contributed by atoms with Crippen molar-refractivity contribution in [3.8, 4) is 5.75 Å². The molecule has 228 valence electrons. The van der Waals surface area contributed by atoms with Gasteiger partial charge in [-0.25, -0.2) is 0 Å². The van der Waals surface area contributed by atoms with Gasteiger partial charge in [-0.15, -0.1) is 0 Å². The monoisotopic (exact) mass is 586 g/mol. The number of hydrogen-bond acceptors (Lipinski definition) is 4. The molecule has 0 spiro atoms. The van der Waals surface area contributed by atoms with E-state index in [9.17, 15) is 4.79 Å². The summed E-state index contributed by atoms with van der Waals surface area (Å²) in [5.74, 6) is 2.01. The van der Waals surface area contributed by atoms with Gasteiger partial charge in [0.25, 0.3) is 0 Å². The van der Waals surface area contributed by atoms with Crippen LogP contribution in [0.2, 0.25) is 0 Å². The van der Waals surface area contributed by atoms with Crippen LogP contribution in [0.4, 0.5) is 0 Å². The first-order valence-electron chi connectivity index (χ1n) is 16.6. The van der Waals surface area contributed by atoms with Crippen LogP contribution >= 0.6 is 0 Å². The molecule has 0 aromatic heterocycles. The lowest BCUT2D eigenvalue weighted by atomic mass is 9.90. The van der Waals surface area contributed by atoms with E-state index in [1.165, 1.54) is 29.5 Å². The molecule has 1 unspecified atom stereocenters. The maximum Gasteiger partial charge on any atom is 0.163 e. The number of likely N-dealkylation sites (tertiary alicyclic amines) is 2. The number of carbonyl (C=O) groups is 1. The van der Waals surface area contributed by atoms with E-state index in [0.29, 0.717) is 18.3 Å². The highest BCUT2D eigenvalue weighted by atomic mass is 16.5. The molecule has 0 bridgehead atoms. The van der Waals surface area contributed by atoms with Crippen molar-refractivity contribution in [2.75, 3.05) is 32.7 Å². The molecule has 1 atom stereocenters. The molecule has 2 fully saturated rings. The Labute approximate surface area is 263 Å². The number of carbonyl (C=O) groups excluding carboxylic acids is 1. The molecule has 4 aromatic rings. The molecular weight excluding hydrogens is 540 g/mol. The van der Waals surface area contributed by atoms with E-state index in [-0.39, 0.29) is 11.9 Å². The van der Waals surface area contributed by atoms with Crippen LogP contribution in [0.25, 0.3) is 0 Å². The van der Waals surface area contributed by atoms with Crippen LogP contribution in [0.3, 0.4) is 0 Å². The normalized spacial score (nSPS) is 18.3. The Kier molecular flexibility index (Phi) is 10.6. The maximum atomic E-state index is 13.2. The van der Waals surface area contributed by atoms with Gasteiger partial charge in [0.1, 0.15) is 11.9 Å². The molecule has 2 heterocycles. The second kappa shape index (κ2) is 15.3. The third-order valence-corrected chi connectivity index (χ3v) is 9.47. The van der Waals surface area contributed by atoms with Crippen LogP contribution < -0.4 is 4.74 Å². The lowest BCUT2D eigenvalue weighted by Crippen LogP contribution is -2.40. The molecule has 0 amide bonds. The van der Waals surface area contributed by atoms with E-state index >= 15 is 0 Å². The Balaban J connectivity index is 0.973. The van der Waals surface area contributed by atoms with Gasteiger partial charge in [-0.1, -0.05) is 103 Å². The van der Waals surface area contributed by atoms with E-state index in [2.05, 4.69) is 101 Å². The number of piperidine rings is 2. The molecular formula is C40H46N2O2. The Hall–Kier alpha value is -3.73. The van der Waals surface area contributed by atoms with Crippen molar-refractivity contribution >= 4 is 5.78 Å². The molecule has 0 saturated carbocycles. The predicted molar refractivity (Wildman–Crippen MR) is 179 cm³/mol. The predicted octanol–water partition coefficient (Wildman–Crippen LogP) is 8.24. The largest absolute Gasteiger partial charge is 0.490 e. The lowest BCUT2D eigenvalue weighted by Gasteiger charge is -2.34. The van der Waals surface area contributed by atoms with Crippen LogP contribution in [-0.4, -0.2) is 54.4 Å². The molecule has 2 saturated heterocycles. The summed E-state index contributed by atoms with van der Waals surface area (Å²) in [5.41, 5.74) is 4.89. The quantitative estimate of drug-likeness (QED) is 0.157. The van der Waals surface area contributed by atoms with Crippen molar-refractivity contribution in [3.63, 3.8) is 0 Å². The number of Topliss-reactive ketones (excluding diaryl/α,β-unsaturated/α-hetero) is 1. The van der Waals surface area contributed by atoms with Gasteiger partial charge in [0, 0.05) is 50.6 Å². The molecule has 4 aromatic carbocycles. The van der Waals surface area contributed by atoms with Gasteiger partial charge >= 0.3 is 0 Å². The minimum absolute atomic E-state index is 0.182. The van der Waals surface area contributed by atoms with E-state index in [0.717, 1.165) is 69.8 Å². The van der Waals surface area contributed by atoms with Crippen molar-refractivity contribution in [2.24, 2.45) is 5.92 Å². The van der Waals surface area contributed by atoms with Gasteiger partial charge in [-0.05, 0) is 73.4 Å². The van der Waals surface area contributed by atoms with Crippen molar-refractivity contribution in [1.29, 1.82) is 0 Å². The van der Waals surface area contributed by atoms with Gasteiger partial charge in [-0.2, -0.15) is 0 Å². The highest BCUT2D eigenvalue weighted by molar-refractivity contribution is 5.96. The van der Waals surface area contributed by atoms with Gasteiger partial charge in [-0.3, -0.25) is 9.69 Å². The molecule has 6 rings (SSSR count). The first-order chi connectivity index (χ1) is 21.7. The number of rotatable bonds is 12. The van der Waals surface area contributed by atoms with Gasteiger partial charge in [0.05, 0.1) is 0 Å². The fourth-order valence-corrected chi connectivity index (χ4v) is 7.03. The first-order valence-corrected chi connectivity index (χ1v) is 16.6. The minimum Gasteiger partial charge on any atom is -0.490 e. The zero-order valence-electron chi connectivity index (χ0n) is 25.9. The zero-order valence-corrected chi connectivity index (χ0v) is 25.9. The molecule has 4 heteroatoms. The van der Waals surface area contributed by atoms with Crippen molar-refractivity contribution in [3.05, 3.63) is 138 Å². The molecule has 0 N–H and O–H groups in total. The molecule has 4 nitrogen and oxygen atoms in total. The number of nitrogens with zero attached hydrogens (tertiary/aromatic N) is 2. The highest BCUT2D eigenvalue weighted by Gasteiger charge is 2.25. The third-order valence-electron chi connectivity index (χ3n) is 9.47. The topological polar surface area (TPSA) is 32.8 Å². The van der Waals surface area contributed by atoms with Crippen molar-refractivity contribution in [1.82, 2.24) is 9.80 Å². The summed E-state index contributed by atoms with van der Waals surface area (Å²) in [6, 6.07) is 40.4. The Morgan fingerprint density at radius 1 is 0.727 bits per heavy atom. The van der Waals surface area contributed by atoms with E-state index in [1.807, 2.05) is 24.3 Å². The molecule has 2 aliphatic rings. The average molecular weight is 587 g/mol. The van der Waals surface area contributed by atoms with Gasteiger partial charge in [0.2, 0.25) is 0 Å². The Bertz CT molecular complexity index is 1390. The van der Waals surface area contributed by atoms with E-state index < -0.39 is 0 Å². The first kappa shape index (κ1) is 30.3. The highest BCUT2D eigenvalue weighted by Crippen LogP contribution is 2.29. The summed E-state index contributed by atoms with van der Waals surface area (Å²) in [5, 5.41) is 0. The summed E-state index contributed by atoms with van der Waals surface area (Å²) in [6.07, 6.45) is 6.17. The summed E-state index contributed by atoms with van der Waals surface area (Å²) < 4.78 is 6.45. The third kappa shape index (κ3) is 8.46. The summed E-state index contributed by atoms with van der Waals surface area (Å²) in [6.45, 7) is 6.28. The van der Waals surface area contributed by atoms with Crippen LogP contribution in [0.5, 0.6) is 5.75 Å². The fourth-order valence-electron chi connectivity index (χ4n) is 7.03. The van der Waals surface area contributed by atoms with E-state index in [4.69, 9.17) is 4.74 Å². The fraction of sp³-hybridized carbons (Fsp3) is 0.375. The summed E-state index contributed by atoms with van der Waals surface area (Å²) in [7, 11) is 0.